The van der Waals surface area contributed by atoms with Crippen LogP contribution in [0.25, 0.3) is 0 Å². The minimum Gasteiger partial charge on any atom is -0.387 e. The largest absolute Gasteiger partial charge is 0.387 e. The molecule has 0 spiro atoms. The van der Waals surface area contributed by atoms with Gasteiger partial charge in [-0.15, -0.1) is 0 Å². The average Bonchev–Trinajstić information content (AvgIpc) is 2.59. The van der Waals surface area contributed by atoms with Crippen LogP contribution < -0.4 is 0 Å². The average molecular weight is 316 g/mol. The van der Waals surface area contributed by atoms with Crippen molar-refractivity contribution in [3.8, 4) is 0 Å². The van der Waals surface area contributed by atoms with Crippen molar-refractivity contribution in [3.05, 3.63) is 106 Å². The van der Waals surface area contributed by atoms with Crippen molar-refractivity contribution in [1.82, 2.24) is 0 Å². The van der Waals surface area contributed by atoms with E-state index in [1.165, 1.54) is 16.7 Å². The van der Waals surface area contributed by atoms with Crippen molar-refractivity contribution in [3.63, 3.8) is 0 Å². The standard InChI is InChI=1S/C23H24O/c1-16-4-10-19(11-5-16)22(20-12-6-17(2)7-13-20)23(24)21-14-8-18(3)9-15-21/h4-15,22-24H,1-3H3. The highest BCUT2D eigenvalue weighted by atomic mass is 16.3. The van der Waals surface area contributed by atoms with Crippen LogP contribution in [-0.4, -0.2) is 5.11 Å². The Labute approximate surface area is 144 Å². The third kappa shape index (κ3) is 3.58. The van der Waals surface area contributed by atoms with Gasteiger partial charge < -0.3 is 5.11 Å². The highest BCUT2D eigenvalue weighted by molar-refractivity contribution is 5.39. The van der Waals surface area contributed by atoms with Crippen LogP contribution in [0.3, 0.4) is 0 Å². The molecule has 0 amide bonds. The van der Waals surface area contributed by atoms with Gasteiger partial charge in [0.15, 0.2) is 0 Å². The molecule has 0 radical (unpaired) electrons. The molecule has 0 heterocycles. The van der Waals surface area contributed by atoms with Crippen LogP contribution in [0, 0.1) is 20.8 Å². The van der Waals surface area contributed by atoms with Crippen molar-refractivity contribution < 1.29 is 5.11 Å². The number of benzene rings is 3. The third-order valence-electron chi connectivity index (χ3n) is 4.61. The summed E-state index contributed by atoms with van der Waals surface area (Å²) >= 11 is 0. The quantitative estimate of drug-likeness (QED) is 0.676. The van der Waals surface area contributed by atoms with E-state index in [9.17, 15) is 5.11 Å². The van der Waals surface area contributed by atoms with Crippen LogP contribution in [0.5, 0.6) is 0 Å². The monoisotopic (exact) mass is 316 g/mol. The van der Waals surface area contributed by atoms with Crippen molar-refractivity contribution >= 4 is 0 Å². The fourth-order valence-electron chi connectivity index (χ4n) is 3.06. The Bertz CT molecular complexity index is 737. The number of hydrogen-bond donors (Lipinski definition) is 1. The lowest BCUT2D eigenvalue weighted by Crippen LogP contribution is -2.12. The maximum absolute atomic E-state index is 11.1. The van der Waals surface area contributed by atoms with Gasteiger partial charge in [0.2, 0.25) is 0 Å². The molecule has 3 aromatic carbocycles. The van der Waals surface area contributed by atoms with Gasteiger partial charge in [0.1, 0.15) is 0 Å². The number of aliphatic hydroxyl groups excluding tert-OH is 1. The SMILES string of the molecule is Cc1ccc(C(O)C(c2ccc(C)cc2)c2ccc(C)cc2)cc1. The first-order valence-electron chi connectivity index (χ1n) is 8.42. The second-order valence-corrected chi connectivity index (χ2v) is 6.65. The summed E-state index contributed by atoms with van der Waals surface area (Å²) in [5.41, 5.74) is 6.88. The van der Waals surface area contributed by atoms with Crippen LogP contribution >= 0.6 is 0 Å². The van der Waals surface area contributed by atoms with Crippen LogP contribution in [-0.2, 0) is 0 Å². The highest BCUT2D eigenvalue weighted by Crippen LogP contribution is 2.37. The number of aliphatic hydroxyl groups is 1. The van der Waals surface area contributed by atoms with Gasteiger partial charge in [-0.05, 0) is 37.5 Å². The summed E-state index contributed by atoms with van der Waals surface area (Å²) in [5.74, 6) is -0.0751. The van der Waals surface area contributed by atoms with E-state index in [0.717, 1.165) is 16.7 Å². The Morgan fingerprint density at radius 2 is 0.792 bits per heavy atom. The molecule has 0 aliphatic carbocycles. The van der Waals surface area contributed by atoms with Gasteiger partial charge in [-0.25, -0.2) is 0 Å². The molecule has 0 bridgehead atoms. The molecule has 0 aliphatic rings. The first-order valence-corrected chi connectivity index (χ1v) is 8.42. The molecular formula is C23H24O. The molecule has 122 valence electrons. The topological polar surface area (TPSA) is 20.2 Å². The fraction of sp³-hybridized carbons (Fsp3) is 0.217. The predicted octanol–water partition coefficient (Wildman–Crippen LogP) is 5.48. The predicted molar refractivity (Wildman–Crippen MR) is 100 cm³/mol. The smallest absolute Gasteiger partial charge is 0.0899 e. The van der Waals surface area contributed by atoms with E-state index in [1.807, 2.05) is 12.1 Å². The molecule has 0 fully saturated rings. The summed E-state index contributed by atoms with van der Waals surface area (Å²) in [5, 5.41) is 11.1. The first-order chi connectivity index (χ1) is 11.5. The minimum atomic E-state index is -0.573. The molecule has 1 atom stereocenters. The van der Waals surface area contributed by atoms with Crippen molar-refractivity contribution in [1.29, 1.82) is 0 Å². The summed E-state index contributed by atoms with van der Waals surface area (Å²) < 4.78 is 0. The van der Waals surface area contributed by atoms with E-state index in [-0.39, 0.29) is 5.92 Å². The third-order valence-corrected chi connectivity index (χ3v) is 4.61. The Hall–Kier alpha value is -2.38. The summed E-state index contributed by atoms with van der Waals surface area (Å²) in [6, 6.07) is 25.1. The van der Waals surface area contributed by atoms with Gasteiger partial charge >= 0.3 is 0 Å². The first kappa shape index (κ1) is 16.5. The highest BCUT2D eigenvalue weighted by Gasteiger charge is 2.24. The van der Waals surface area contributed by atoms with Crippen molar-refractivity contribution in [2.45, 2.75) is 32.8 Å². The molecule has 0 aromatic heterocycles. The molecule has 3 aromatic rings. The molecule has 1 unspecified atom stereocenters. The molecule has 0 saturated heterocycles. The van der Waals surface area contributed by atoms with Gasteiger partial charge in [-0.3, -0.25) is 0 Å². The van der Waals surface area contributed by atoms with E-state index in [0.29, 0.717) is 0 Å². The van der Waals surface area contributed by atoms with Crippen LogP contribution in [0.2, 0.25) is 0 Å². The van der Waals surface area contributed by atoms with E-state index >= 15 is 0 Å². The van der Waals surface area contributed by atoms with Crippen molar-refractivity contribution in [2.75, 3.05) is 0 Å². The molecule has 24 heavy (non-hydrogen) atoms. The lowest BCUT2D eigenvalue weighted by atomic mass is 9.83. The molecule has 1 N–H and O–H groups in total. The summed E-state index contributed by atoms with van der Waals surface area (Å²) in [6.45, 7) is 6.23. The molecule has 3 rings (SSSR count). The lowest BCUT2D eigenvalue weighted by Gasteiger charge is -2.25. The zero-order valence-corrected chi connectivity index (χ0v) is 14.5. The van der Waals surface area contributed by atoms with Gasteiger partial charge in [0.05, 0.1) is 6.10 Å². The molecular weight excluding hydrogens is 292 g/mol. The van der Waals surface area contributed by atoms with E-state index in [2.05, 4.69) is 81.4 Å². The lowest BCUT2D eigenvalue weighted by molar-refractivity contribution is 0.159. The molecule has 0 saturated carbocycles. The van der Waals surface area contributed by atoms with E-state index < -0.39 is 6.10 Å². The Morgan fingerprint density at radius 1 is 0.500 bits per heavy atom. The number of hydrogen-bond acceptors (Lipinski definition) is 1. The second-order valence-electron chi connectivity index (χ2n) is 6.65. The van der Waals surface area contributed by atoms with Crippen molar-refractivity contribution in [2.24, 2.45) is 0 Å². The molecule has 1 nitrogen and oxygen atoms in total. The van der Waals surface area contributed by atoms with E-state index in [4.69, 9.17) is 0 Å². The molecule has 0 aliphatic heterocycles. The Morgan fingerprint density at radius 3 is 1.12 bits per heavy atom. The second kappa shape index (κ2) is 7.02. The summed E-state index contributed by atoms with van der Waals surface area (Å²) in [6.07, 6.45) is -0.573. The van der Waals surface area contributed by atoms with Crippen LogP contribution in [0.4, 0.5) is 0 Å². The van der Waals surface area contributed by atoms with Gasteiger partial charge in [0.25, 0.3) is 0 Å². The van der Waals surface area contributed by atoms with Gasteiger partial charge in [0, 0.05) is 5.92 Å². The summed E-state index contributed by atoms with van der Waals surface area (Å²) in [4.78, 5) is 0. The zero-order valence-electron chi connectivity index (χ0n) is 14.5. The number of rotatable bonds is 4. The maximum atomic E-state index is 11.1. The van der Waals surface area contributed by atoms with Gasteiger partial charge in [-0.1, -0.05) is 89.5 Å². The summed E-state index contributed by atoms with van der Waals surface area (Å²) in [7, 11) is 0. The van der Waals surface area contributed by atoms with Crippen LogP contribution in [0.1, 0.15) is 45.4 Å². The molecule has 1 heteroatoms. The number of aryl methyl sites for hydroxylation is 3. The minimum absolute atomic E-state index is 0.0751. The van der Waals surface area contributed by atoms with E-state index in [1.54, 1.807) is 0 Å². The van der Waals surface area contributed by atoms with Crippen LogP contribution in [0.15, 0.2) is 72.8 Å². The Balaban J connectivity index is 2.05. The maximum Gasteiger partial charge on any atom is 0.0899 e. The zero-order chi connectivity index (χ0) is 17.1. The fourth-order valence-corrected chi connectivity index (χ4v) is 3.06. The normalized spacial score (nSPS) is 12.4. The van der Waals surface area contributed by atoms with Gasteiger partial charge in [-0.2, -0.15) is 0 Å². The Kier molecular flexibility index (Phi) is 4.82.